The van der Waals surface area contributed by atoms with Crippen molar-refractivity contribution in [2.75, 3.05) is 0 Å². The first kappa shape index (κ1) is 36.7. The van der Waals surface area contributed by atoms with Gasteiger partial charge < -0.3 is 0 Å². The van der Waals surface area contributed by atoms with E-state index in [4.69, 9.17) is 19.9 Å². The summed E-state index contributed by atoms with van der Waals surface area (Å²) in [5, 5.41) is 4.23. The highest BCUT2D eigenvalue weighted by molar-refractivity contribution is 6.10. The van der Waals surface area contributed by atoms with E-state index in [1.807, 2.05) is 12.1 Å². The van der Waals surface area contributed by atoms with Crippen LogP contribution in [0, 0.1) is 0 Å². The molecule has 0 spiro atoms. The minimum Gasteiger partial charge on any atom is -0.246 e. The average Bonchev–Trinajstić information content (AvgIpc) is 3.35. The second-order valence-electron chi connectivity index (χ2n) is 15.4. The van der Waals surface area contributed by atoms with E-state index in [1.165, 1.54) is 0 Å². The maximum atomic E-state index is 5.31. The quantitative estimate of drug-likeness (QED) is 0.144. The van der Waals surface area contributed by atoms with Crippen molar-refractivity contribution in [2.24, 2.45) is 0 Å². The van der Waals surface area contributed by atoms with Gasteiger partial charge in [-0.2, -0.15) is 0 Å². The third-order valence-corrected chi connectivity index (χ3v) is 11.5. The Kier molecular flexibility index (Phi) is 9.49. The standard InChI is InChI=1S/C58H38N4/c1-5-13-39(14-6-1)21-31-47-37-51(41-17-9-3-10-18-41)49-33-27-45-29-35-53(61-55(45)57(49)59-47)43-23-25-44(26-24-43)54-36-30-46-28-34-50-52(42-19-11-4-12-20-42)38-48(60-58(50)56(46)62-54)32-22-40-15-7-2-8-16-40/h1-38H/b31-21+,32-22?. The van der Waals surface area contributed by atoms with Gasteiger partial charge in [0.15, 0.2) is 0 Å². The number of hydrogen-bond donors (Lipinski definition) is 0. The van der Waals surface area contributed by atoms with Gasteiger partial charge in [0.2, 0.25) is 0 Å². The third kappa shape index (κ3) is 7.20. The number of benzene rings is 7. The summed E-state index contributed by atoms with van der Waals surface area (Å²) < 4.78 is 0. The number of rotatable bonds is 8. The molecule has 0 bridgehead atoms. The molecule has 0 radical (unpaired) electrons. The zero-order chi connectivity index (χ0) is 41.2. The summed E-state index contributed by atoms with van der Waals surface area (Å²) in [4.78, 5) is 21.1. The Balaban J connectivity index is 0.984. The van der Waals surface area contributed by atoms with Gasteiger partial charge in [-0.05, 0) is 69.8 Å². The summed E-state index contributed by atoms with van der Waals surface area (Å²) in [5.41, 5.74) is 15.9. The Morgan fingerprint density at radius 3 is 1.05 bits per heavy atom. The first-order valence-electron chi connectivity index (χ1n) is 20.9. The SMILES string of the molecule is C(=Cc1cc(-c2ccccc2)c2ccc3ccc(-c4ccc(-c5ccc6ccc7c(-c8ccccc8)cc(/C=C/c8ccccc8)nc7c6n5)cc4)nc3c2n1)c1ccccc1. The van der Waals surface area contributed by atoms with Crippen molar-refractivity contribution in [3.05, 3.63) is 229 Å². The molecule has 7 aromatic carbocycles. The lowest BCUT2D eigenvalue weighted by molar-refractivity contribution is 1.34. The van der Waals surface area contributed by atoms with E-state index >= 15 is 0 Å². The Bertz CT molecular complexity index is 3240. The van der Waals surface area contributed by atoms with Crippen LogP contribution in [-0.2, 0) is 0 Å². The zero-order valence-electron chi connectivity index (χ0n) is 33.7. The van der Waals surface area contributed by atoms with Gasteiger partial charge in [-0.15, -0.1) is 0 Å². The van der Waals surface area contributed by atoms with Crippen LogP contribution in [0.2, 0.25) is 0 Å². The van der Waals surface area contributed by atoms with Crippen LogP contribution in [0.25, 0.3) is 113 Å². The van der Waals surface area contributed by atoms with Crippen LogP contribution in [0.5, 0.6) is 0 Å². The smallest absolute Gasteiger partial charge is 0.0978 e. The van der Waals surface area contributed by atoms with E-state index < -0.39 is 0 Å². The van der Waals surface area contributed by atoms with Crippen molar-refractivity contribution in [3.63, 3.8) is 0 Å². The summed E-state index contributed by atoms with van der Waals surface area (Å²) in [5.74, 6) is 0. The molecule has 11 rings (SSSR count). The van der Waals surface area contributed by atoms with E-state index in [1.54, 1.807) is 0 Å². The lowest BCUT2D eigenvalue weighted by Crippen LogP contribution is -1.94. The molecular formula is C58H38N4. The van der Waals surface area contributed by atoms with Gasteiger partial charge in [-0.3, -0.25) is 0 Å². The monoisotopic (exact) mass is 790 g/mol. The summed E-state index contributed by atoms with van der Waals surface area (Å²) >= 11 is 0. The molecule has 0 unspecified atom stereocenters. The first-order valence-corrected chi connectivity index (χ1v) is 20.9. The Labute approximate surface area is 359 Å². The van der Waals surface area contributed by atoms with E-state index in [-0.39, 0.29) is 0 Å². The normalized spacial score (nSPS) is 11.7. The van der Waals surface area contributed by atoms with Gasteiger partial charge >= 0.3 is 0 Å². The minimum atomic E-state index is 0.875. The molecule has 0 aliphatic rings. The van der Waals surface area contributed by atoms with Crippen molar-refractivity contribution in [1.29, 1.82) is 0 Å². The van der Waals surface area contributed by atoms with Crippen LogP contribution < -0.4 is 0 Å². The van der Waals surface area contributed by atoms with Crippen molar-refractivity contribution >= 4 is 67.9 Å². The van der Waals surface area contributed by atoms with Gasteiger partial charge in [0.1, 0.15) is 0 Å². The number of aromatic nitrogens is 4. The highest BCUT2D eigenvalue weighted by Crippen LogP contribution is 2.36. The molecule has 290 valence electrons. The number of fused-ring (bicyclic) bond motifs is 6. The van der Waals surface area contributed by atoms with Gasteiger partial charge in [0.05, 0.1) is 44.8 Å². The molecule has 4 heterocycles. The Hall–Kier alpha value is -8.34. The summed E-state index contributed by atoms with van der Waals surface area (Å²) in [6.07, 6.45) is 8.41. The number of hydrogen-bond acceptors (Lipinski definition) is 4. The fraction of sp³-hybridized carbons (Fsp3) is 0. The van der Waals surface area contributed by atoms with Gasteiger partial charge in [-0.25, -0.2) is 19.9 Å². The van der Waals surface area contributed by atoms with Crippen molar-refractivity contribution in [3.8, 4) is 44.8 Å². The molecule has 0 N–H and O–H groups in total. The third-order valence-electron chi connectivity index (χ3n) is 11.5. The second-order valence-corrected chi connectivity index (χ2v) is 15.4. The van der Waals surface area contributed by atoms with Crippen LogP contribution in [0.15, 0.2) is 206 Å². The zero-order valence-corrected chi connectivity index (χ0v) is 33.7. The van der Waals surface area contributed by atoms with Crippen molar-refractivity contribution in [1.82, 2.24) is 19.9 Å². The molecule has 0 saturated carbocycles. The first-order chi connectivity index (χ1) is 30.7. The van der Waals surface area contributed by atoms with Crippen LogP contribution in [-0.4, -0.2) is 19.9 Å². The van der Waals surface area contributed by atoms with E-state index in [0.29, 0.717) is 0 Å². The Morgan fingerprint density at radius 2 is 0.645 bits per heavy atom. The van der Waals surface area contributed by atoms with Crippen LogP contribution in [0.3, 0.4) is 0 Å². The molecule has 4 aromatic heterocycles. The molecule has 11 aromatic rings. The predicted molar refractivity (Wildman–Crippen MR) is 260 cm³/mol. The lowest BCUT2D eigenvalue weighted by atomic mass is 9.97. The second kappa shape index (κ2) is 16.0. The molecular weight excluding hydrogens is 753 g/mol. The molecule has 4 heteroatoms. The molecule has 0 atom stereocenters. The minimum absolute atomic E-state index is 0.875. The van der Waals surface area contributed by atoms with Gasteiger partial charge in [0, 0.05) is 32.7 Å². The highest BCUT2D eigenvalue weighted by Gasteiger charge is 2.15. The Morgan fingerprint density at radius 1 is 0.274 bits per heavy atom. The van der Waals surface area contributed by atoms with Crippen LogP contribution in [0.1, 0.15) is 22.5 Å². The summed E-state index contributed by atoms with van der Waals surface area (Å²) in [7, 11) is 0. The maximum Gasteiger partial charge on any atom is 0.0978 e. The fourth-order valence-electron chi connectivity index (χ4n) is 8.29. The maximum absolute atomic E-state index is 5.31. The van der Waals surface area contributed by atoms with Crippen molar-refractivity contribution in [2.45, 2.75) is 0 Å². The molecule has 0 aliphatic carbocycles. The predicted octanol–water partition coefficient (Wildman–Crippen LogP) is 14.9. The summed E-state index contributed by atoms with van der Waals surface area (Å²) in [6, 6.07) is 71.8. The molecule has 62 heavy (non-hydrogen) atoms. The van der Waals surface area contributed by atoms with Crippen molar-refractivity contribution < 1.29 is 0 Å². The lowest BCUT2D eigenvalue weighted by Gasteiger charge is -2.12. The van der Waals surface area contributed by atoms with E-state index in [0.717, 1.165) is 111 Å². The van der Waals surface area contributed by atoms with Crippen LogP contribution >= 0.6 is 0 Å². The number of nitrogens with zero attached hydrogens (tertiary/aromatic N) is 4. The number of pyridine rings is 4. The molecule has 0 fully saturated rings. The van der Waals surface area contributed by atoms with Gasteiger partial charge in [0.25, 0.3) is 0 Å². The molecule has 4 nitrogen and oxygen atoms in total. The fourth-order valence-corrected chi connectivity index (χ4v) is 8.29. The van der Waals surface area contributed by atoms with Gasteiger partial charge in [-0.1, -0.05) is 194 Å². The molecule has 0 amide bonds. The largest absolute Gasteiger partial charge is 0.246 e. The topological polar surface area (TPSA) is 51.6 Å². The summed E-state index contributed by atoms with van der Waals surface area (Å²) in [6.45, 7) is 0. The average molecular weight is 791 g/mol. The molecule has 0 saturated heterocycles. The highest BCUT2D eigenvalue weighted by atomic mass is 14.8. The van der Waals surface area contributed by atoms with Crippen LogP contribution in [0.4, 0.5) is 0 Å². The molecule has 0 aliphatic heterocycles. The van der Waals surface area contributed by atoms with E-state index in [9.17, 15) is 0 Å². The van der Waals surface area contributed by atoms with E-state index in [2.05, 4.69) is 218 Å².